The number of ether oxygens (including phenoxy) is 3. The average Bonchev–Trinajstić information content (AvgIpc) is 3.60. The second-order valence-electron chi connectivity index (χ2n) is 13.9. The number of nitrogens with one attached hydrogen (secondary N) is 2. The number of thiophene rings is 1. The maximum Gasteiger partial charge on any atom is 0.407 e. The molecule has 1 aliphatic carbocycles. The first-order valence-electron chi connectivity index (χ1n) is 17.4. The lowest BCUT2D eigenvalue weighted by molar-refractivity contribution is -0.156. The molecule has 10 heteroatoms. The molecule has 9 nitrogen and oxygen atoms in total. The zero-order chi connectivity index (χ0) is 37.7. The van der Waals surface area contributed by atoms with Crippen LogP contribution in [0.3, 0.4) is 0 Å². The van der Waals surface area contributed by atoms with E-state index in [1.807, 2.05) is 92.7 Å². The number of alkyl carbamates (subject to hydrolysis) is 1. The van der Waals surface area contributed by atoms with Crippen LogP contribution in [0.2, 0.25) is 0 Å². The molecule has 1 aliphatic rings. The number of carbonyl (C=O) groups excluding carboxylic acids is 4. The lowest BCUT2D eigenvalue weighted by atomic mass is 9.98. The summed E-state index contributed by atoms with van der Waals surface area (Å²) in [5.74, 6) is -1.24. The van der Waals surface area contributed by atoms with Crippen molar-refractivity contribution in [3.05, 3.63) is 141 Å². The van der Waals surface area contributed by atoms with Crippen molar-refractivity contribution in [2.75, 3.05) is 11.9 Å². The van der Waals surface area contributed by atoms with Crippen LogP contribution in [0.4, 0.5) is 9.80 Å². The number of benzene rings is 4. The van der Waals surface area contributed by atoms with Gasteiger partial charge >= 0.3 is 12.1 Å². The molecule has 5 aromatic rings. The summed E-state index contributed by atoms with van der Waals surface area (Å²) in [5.41, 5.74) is 5.91. The van der Waals surface area contributed by atoms with Crippen molar-refractivity contribution < 1.29 is 33.4 Å². The molecule has 0 unspecified atom stereocenters. The Bertz CT molecular complexity index is 2090. The number of esters is 1. The van der Waals surface area contributed by atoms with E-state index in [-0.39, 0.29) is 18.3 Å². The second-order valence-corrected chi connectivity index (χ2v) is 15.1. The van der Waals surface area contributed by atoms with Gasteiger partial charge in [-0.1, -0.05) is 78.9 Å². The van der Waals surface area contributed by atoms with Crippen LogP contribution in [0, 0.1) is 13.8 Å². The molecule has 0 radical (unpaired) electrons. The van der Waals surface area contributed by atoms with Crippen LogP contribution in [0.15, 0.2) is 103 Å². The monoisotopic (exact) mass is 730 g/mol. The van der Waals surface area contributed by atoms with E-state index in [2.05, 4.69) is 10.6 Å². The van der Waals surface area contributed by atoms with E-state index >= 15 is 0 Å². The van der Waals surface area contributed by atoms with Gasteiger partial charge in [-0.15, -0.1) is 11.3 Å². The van der Waals surface area contributed by atoms with E-state index in [1.54, 1.807) is 45.0 Å². The van der Waals surface area contributed by atoms with Crippen LogP contribution in [0.1, 0.15) is 76.2 Å². The van der Waals surface area contributed by atoms with Gasteiger partial charge in [0.05, 0.1) is 12.0 Å². The van der Waals surface area contributed by atoms with Crippen molar-refractivity contribution in [2.24, 2.45) is 0 Å². The molecule has 1 heterocycles. The van der Waals surface area contributed by atoms with Crippen LogP contribution in [0.25, 0.3) is 11.1 Å². The number of anilines is 1. The molecule has 0 bridgehead atoms. The molecule has 0 aliphatic heterocycles. The topological polar surface area (TPSA) is 120 Å². The zero-order valence-electron chi connectivity index (χ0n) is 30.4. The average molecular weight is 731 g/mol. The van der Waals surface area contributed by atoms with Crippen molar-refractivity contribution in [3.8, 4) is 16.9 Å². The Balaban J connectivity index is 1.17. The molecule has 1 atom stereocenters. The van der Waals surface area contributed by atoms with Gasteiger partial charge in [-0.25, -0.2) is 4.79 Å². The second kappa shape index (κ2) is 15.9. The Morgan fingerprint density at radius 1 is 0.792 bits per heavy atom. The standard InChI is InChI=1S/C43H42N2O7S/c1-26-27(2)53-41(38(26)39(47)29-19-21-30(22-20-29)50-24-28-13-7-6-8-14-28)45-40(48)36(23-37(46)52-43(3,4)5)44-42(49)51-25-35-33-17-11-9-15-31(33)32-16-10-12-18-34(32)35/h6-22,35-36H,23-25H2,1-5H3,(H,44,49)(H,45,48)/t36-/m0/s1. The van der Waals surface area contributed by atoms with E-state index in [0.717, 1.165) is 32.7 Å². The number of amides is 2. The van der Waals surface area contributed by atoms with Crippen LogP contribution in [-0.4, -0.2) is 42.0 Å². The highest BCUT2D eigenvalue weighted by atomic mass is 32.1. The largest absolute Gasteiger partial charge is 0.489 e. The third-order valence-electron chi connectivity index (χ3n) is 8.96. The summed E-state index contributed by atoms with van der Waals surface area (Å²) in [6.45, 7) is 9.25. The number of aryl methyl sites for hydroxylation is 1. The molecule has 53 heavy (non-hydrogen) atoms. The number of rotatable bonds is 12. The number of hydrogen-bond donors (Lipinski definition) is 2. The third-order valence-corrected chi connectivity index (χ3v) is 10.1. The summed E-state index contributed by atoms with van der Waals surface area (Å²) < 4.78 is 17.1. The van der Waals surface area contributed by atoms with E-state index in [1.165, 1.54) is 11.3 Å². The fraction of sp³-hybridized carbons (Fsp3) is 0.256. The summed E-state index contributed by atoms with van der Waals surface area (Å²) in [5, 5.41) is 5.72. The van der Waals surface area contributed by atoms with Crippen LogP contribution in [0.5, 0.6) is 5.75 Å². The van der Waals surface area contributed by atoms with Gasteiger partial charge in [-0.3, -0.25) is 14.4 Å². The molecule has 272 valence electrons. The third kappa shape index (κ3) is 8.84. The first-order valence-corrected chi connectivity index (χ1v) is 18.3. The Hall–Kier alpha value is -5.74. The number of fused-ring (bicyclic) bond motifs is 3. The summed E-state index contributed by atoms with van der Waals surface area (Å²) in [6, 6.07) is 31.2. The molecule has 6 rings (SSSR count). The van der Waals surface area contributed by atoms with Crippen molar-refractivity contribution in [3.63, 3.8) is 0 Å². The minimum absolute atomic E-state index is 0.0265. The van der Waals surface area contributed by atoms with Gasteiger partial charge in [-0.2, -0.15) is 0 Å². The van der Waals surface area contributed by atoms with Crippen LogP contribution < -0.4 is 15.4 Å². The number of hydrogen-bond acceptors (Lipinski definition) is 8. The molecule has 2 amide bonds. The maximum absolute atomic E-state index is 13.9. The predicted molar refractivity (Wildman–Crippen MR) is 206 cm³/mol. The fourth-order valence-corrected chi connectivity index (χ4v) is 7.38. The van der Waals surface area contributed by atoms with Gasteiger partial charge in [0.1, 0.15) is 35.6 Å². The normalized spacial score (nSPS) is 12.6. The van der Waals surface area contributed by atoms with Gasteiger partial charge in [-0.05, 0) is 92.3 Å². The molecule has 0 saturated heterocycles. The molecule has 0 fully saturated rings. The first-order chi connectivity index (χ1) is 25.4. The summed E-state index contributed by atoms with van der Waals surface area (Å²) in [4.78, 5) is 54.9. The molecule has 0 spiro atoms. The van der Waals surface area contributed by atoms with Gasteiger partial charge in [0, 0.05) is 16.4 Å². The van der Waals surface area contributed by atoms with E-state index in [9.17, 15) is 19.2 Å². The quantitative estimate of drug-likeness (QED) is 0.0973. The number of ketones is 1. The molecule has 1 aromatic heterocycles. The van der Waals surface area contributed by atoms with E-state index < -0.39 is 36.0 Å². The van der Waals surface area contributed by atoms with E-state index in [4.69, 9.17) is 14.2 Å². The van der Waals surface area contributed by atoms with Crippen LogP contribution >= 0.6 is 11.3 Å². The minimum atomic E-state index is -1.35. The Kier molecular flexibility index (Phi) is 11.1. The molecular formula is C43H42N2O7S. The first kappa shape index (κ1) is 37.0. The highest BCUT2D eigenvalue weighted by Crippen LogP contribution is 2.44. The maximum atomic E-state index is 13.9. The SMILES string of the molecule is Cc1sc(NC(=O)[C@H](CC(=O)OC(C)(C)C)NC(=O)OCC2c3ccccc3-c3ccccc32)c(C(=O)c2ccc(OCc3ccccc3)cc2)c1C. The van der Waals surface area contributed by atoms with Crippen LogP contribution in [-0.2, 0) is 25.7 Å². The summed E-state index contributed by atoms with van der Waals surface area (Å²) >= 11 is 1.24. The van der Waals surface area contributed by atoms with Crippen molar-refractivity contribution in [1.82, 2.24) is 5.32 Å². The highest BCUT2D eigenvalue weighted by Gasteiger charge is 2.32. The Morgan fingerprint density at radius 3 is 2.02 bits per heavy atom. The molecule has 2 N–H and O–H groups in total. The van der Waals surface area contributed by atoms with Gasteiger partial charge in [0.25, 0.3) is 0 Å². The molecular weight excluding hydrogens is 689 g/mol. The van der Waals surface area contributed by atoms with E-state index in [0.29, 0.717) is 34.0 Å². The Morgan fingerprint density at radius 2 is 1.40 bits per heavy atom. The van der Waals surface area contributed by atoms with Gasteiger partial charge in [0.2, 0.25) is 5.91 Å². The van der Waals surface area contributed by atoms with Crippen molar-refractivity contribution >= 4 is 40.1 Å². The lowest BCUT2D eigenvalue weighted by Crippen LogP contribution is -2.46. The van der Waals surface area contributed by atoms with Crippen molar-refractivity contribution in [1.29, 1.82) is 0 Å². The van der Waals surface area contributed by atoms with Gasteiger partial charge in [0.15, 0.2) is 5.78 Å². The molecule has 0 saturated carbocycles. The highest BCUT2D eigenvalue weighted by molar-refractivity contribution is 7.16. The minimum Gasteiger partial charge on any atom is -0.489 e. The number of carbonyl (C=O) groups is 4. The predicted octanol–water partition coefficient (Wildman–Crippen LogP) is 8.75. The summed E-state index contributed by atoms with van der Waals surface area (Å²) in [7, 11) is 0. The summed E-state index contributed by atoms with van der Waals surface area (Å²) in [6.07, 6.45) is -1.32. The lowest BCUT2D eigenvalue weighted by Gasteiger charge is -2.23. The van der Waals surface area contributed by atoms with Crippen molar-refractivity contribution in [2.45, 2.75) is 65.2 Å². The molecule has 4 aromatic carbocycles. The van der Waals surface area contributed by atoms with Gasteiger partial charge < -0.3 is 24.8 Å². The fourth-order valence-electron chi connectivity index (χ4n) is 6.32. The Labute approximate surface area is 313 Å². The zero-order valence-corrected chi connectivity index (χ0v) is 31.2. The smallest absolute Gasteiger partial charge is 0.407 e.